The molecule has 1 atom stereocenters. The number of fused-ring (bicyclic) bond motifs is 1. The minimum Gasteiger partial charge on any atom is -0.333 e. The van der Waals surface area contributed by atoms with Crippen LogP contribution in [0.2, 0.25) is 0 Å². The van der Waals surface area contributed by atoms with Crippen molar-refractivity contribution in [3.05, 3.63) is 65.0 Å². The molecular formula is C21H26ClN3O. The van der Waals surface area contributed by atoms with Crippen LogP contribution in [0, 0.1) is 0 Å². The molecule has 26 heavy (non-hydrogen) atoms. The SMILES string of the molecule is Cl.O=C(Cc1ccc2c(c1)CCCC2)N1CCNCC1c1cccnc1. The summed E-state index contributed by atoms with van der Waals surface area (Å²) in [6.45, 7) is 2.40. The molecule has 1 N–H and O–H groups in total. The van der Waals surface area contributed by atoms with E-state index in [1.165, 1.54) is 30.4 Å². The van der Waals surface area contributed by atoms with Gasteiger partial charge in [0.25, 0.3) is 0 Å². The van der Waals surface area contributed by atoms with Crippen LogP contribution in [0.25, 0.3) is 0 Å². The van der Waals surface area contributed by atoms with Gasteiger partial charge in [0.1, 0.15) is 0 Å². The second-order valence-corrected chi connectivity index (χ2v) is 7.08. The Morgan fingerprint density at radius 1 is 1.19 bits per heavy atom. The van der Waals surface area contributed by atoms with Gasteiger partial charge in [-0.15, -0.1) is 12.4 Å². The Morgan fingerprint density at radius 3 is 2.85 bits per heavy atom. The quantitative estimate of drug-likeness (QED) is 0.901. The van der Waals surface area contributed by atoms with E-state index in [1.807, 2.05) is 17.2 Å². The third-order valence-corrected chi connectivity index (χ3v) is 5.40. The number of aryl methyl sites for hydroxylation is 2. The molecule has 1 amide bonds. The molecule has 1 aliphatic heterocycles. The molecule has 2 heterocycles. The maximum atomic E-state index is 13.0. The Balaban J connectivity index is 0.00000196. The zero-order valence-corrected chi connectivity index (χ0v) is 15.8. The number of carbonyl (C=O) groups excluding carboxylic acids is 1. The number of hydrogen-bond acceptors (Lipinski definition) is 3. The molecule has 0 radical (unpaired) electrons. The van der Waals surface area contributed by atoms with Crippen LogP contribution in [0.4, 0.5) is 0 Å². The Kier molecular flexibility index (Phi) is 6.28. The van der Waals surface area contributed by atoms with Crippen molar-refractivity contribution in [2.75, 3.05) is 19.6 Å². The van der Waals surface area contributed by atoms with Gasteiger partial charge in [-0.2, -0.15) is 0 Å². The predicted octanol–water partition coefficient (Wildman–Crippen LogP) is 3.10. The van der Waals surface area contributed by atoms with Gasteiger partial charge < -0.3 is 10.2 Å². The fourth-order valence-electron chi connectivity index (χ4n) is 4.05. The van der Waals surface area contributed by atoms with Crippen molar-refractivity contribution in [3.8, 4) is 0 Å². The van der Waals surface area contributed by atoms with Crippen LogP contribution in [0.1, 0.15) is 41.1 Å². The Morgan fingerprint density at radius 2 is 2.04 bits per heavy atom. The first kappa shape index (κ1) is 18.9. The second kappa shape index (κ2) is 8.65. The summed E-state index contributed by atoms with van der Waals surface area (Å²) in [6, 6.07) is 10.7. The highest BCUT2D eigenvalue weighted by atomic mass is 35.5. The summed E-state index contributed by atoms with van der Waals surface area (Å²) in [7, 11) is 0. The molecule has 2 aromatic rings. The molecule has 5 heteroatoms. The summed E-state index contributed by atoms with van der Waals surface area (Å²) in [5.41, 5.74) is 5.17. The monoisotopic (exact) mass is 371 g/mol. The van der Waals surface area contributed by atoms with Crippen LogP contribution < -0.4 is 5.32 Å². The van der Waals surface area contributed by atoms with E-state index in [0.717, 1.165) is 37.2 Å². The molecule has 2 aliphatic rings. The average molecular weight is 372 g/mol. The van der Waals surface area contributed by atoms with Crippen molar-refractivity contribution in [2.24, 2.45) is 0 Å². The topological polar surface area (TPSA) is 45.2 Å². The fraction of sp³-hybridized carbons (Fsp3) is 0.429. The highest BCUT2D eigenvalue weighted by Gasteiger charge is 2.28. The van der Waals surface area contributed by atoms with E-state index < -0.39 is 0 Å². The third kappa shape index (κ3) is 4.08. The number of carbonyl (C=O) groups is 1. The summed E-state index contributed by atoms with van der Waals surface area (Å²) < 4.78 is 0. The Bertz CT molecular complexity index is 750. The standard InChI is InChI=1S/C21H25N3O.ClH/c25-21(13-16-7-8-17-4-1-2-5-18(17)12-16)24-11-10-23-15-20(24)19-6-3-9-22-14-19;/h3,6-9,12,14,20,23H,1-2,4-5,10-11,13,15H2;1H. The van der Waals surface area contributed by atoms with E-state index in [-0.39, 0.29) is 24.4 Å². The molecule has 0 saturated carbocycles. The minimum absolute atomic E-state index is 0. The number of aromatic nitrogens is 1. The first-order valence-corrected chi connectivity index (χ1v) is 9.32. The maximum absolute atomic E-state index is 13.0. The lowest BCUT2D eigenvalue weighted by atomic mass is 9.90. The summed E-state index contributed by atoms with van der Waals surface area (Å²) in [4.78, 5) is 19.2. The largest absolute Gasteiger partial charge is 0.333 e. The van der Waals surface area contributed by atoms with Gasteiger partial charge in [0.2, 0.25) is 5.91 Å². The molecule has 4 rings (SSSR count). The number of piperazine rings is 1. The smallest absolute Gasteiger partial charge is 0.227 e. The molecule has 1 unspecified atom stereocenters. The van der Waals surface area contributed by atoms with Gasteiger partial charge in [-0.05, 0) is 54.0 Å². The van der Waals surface area contributed by atoms with E-state index in [9.17, 15) is 4.79 Å². The summed E-state index contributed by atoms with van der Waals surface area (Å²) in [5.74, 6) is 0.214. The van der Waals surface area contributed by atoms with Crippen LogP contribution in [-0.2, 0) is 24.1 Å². The molecule has 1 aromatic carbocycles. The molecule has 0 spiro atoms. The number of nitrogens with zero attached hydrogens (tertiary/aromatic N) is 2. The normalized spacial score (nSPS) is 19.4. The van der Waals surface area contributed by atoms with E-state index in [1.54, 1.807) is 6.20 Å². The van der Waals surface area contributed by atoms with Crippen molar-refractivity contribution in [2.45, 2.75) is 38.1 Å². The number of nitrogens with one attached hydrogen (secondary N) is 1. The maximum Gasteiger partial charge on any atom is 0.227 e. The van der Waals surface area contributed by atoms with Crippen molar-refractivity contribution in [3.63, 3.8) is 0 Å². The van der Waals surface area contributed by atoms with Gasteiger partial charge in [0.15, 0.2) is 0 Å². The van der Waals surface area contributed by atoms with Crippen molar-refractivity contribution < 1.29 is 4.79 Å². The van der Waals surface area contributed by atoms with E-state index in [2.05, 4.69) is 34.6 Å². The van der Waals surface area contributed by atoms with Crippen LogP contribution in [-0.4, -0.2) is 35.4 Å². The van der Waals surface area contributed by atoms with Crippen LogP contribution in [0.5, 0.6) is 0 Å². The minimum atomic E-state index is 0. The molecule has 138 valence electrons. The van der Waals surface area contributed by atoms with E-state index in [4.69, 9.17) is 0 Å². The Hall–Kier alpha value is -1.91. The summed E-state index contributed by atoms with van der Waals surface area (Å²) in [5, 5.41) is 3.40. The van der Waals surface area contributed by atoms with Crippen molar-refractivity contribution in [1.82, 2.24) is 15.2 Å². The number of rotatable bonds is 3. The zero-order chi connectivity index (χ0) is 17.1. The van der Waals surface area contributed by atoms with Crippen LogP contribution in [0.3, 0.4) is 0 Å². The van der Waals surface area contributed by atoms with Crippen molar-refractivity contribution >= 4 is 18.3 Å². The lowest BCUT2D eigenvalue weighted by molar-refractivity contribution is -0.133. The lowest BCUT2D eigenvalue weighted by Gasteiger charge is -2.36. The van der Waals surface area contributed by atoms with E-state index in [0.29, 0.717) is 6.42 Å². The molecule has 4 nitrogen and oxygen atoms in total. The van der Waals surface area contributed by atoms with Gasteiger partial charge in [0, 0.05) is 32.0 Å². The second-order valence-electron chi connectivity index (χ2n) is 7.08. The molecular weight excluding hydrogens is 346 g/mol. The van der Waals surface area contributed by atoms with Gasteiger partial charge >= 0.3 is 0 Å². The number of halogens is 1. The molecule has 1 aromatic heterocycles. The van der Waals surface area contributed by atoms with E-state index >= 15 is 0 Å². The van der Waals surface area contributed by atoms with Crippen LogP contribution >= 0.6 is 12.4 Å². The third-order valence-electron chi connectivity index (χ3n) is 5.40. The van der Waals surface area contributed by atoms with Crippen LogP contribution in [0.15, 0.2) is 42.7 Å². The summed E-state index contributed by atoms with van der Waals surface area (Å²) in [6.07, 6.45) is 9.04. The average Bonchev–Trinajstić information content (AvgIpc) is 2.68. The van der Waals surface area contributed by atoms with Gasteiger partial charge in [-0.25, -0.2) is 0 Å². The number of pyridine rings is 1. The van der Waals surface area contributed by atoms with Gasteiger partial charge in [-0.3, -0.25) is 9.78 Å². The molecule has 0 bridgehead atoms. The lowest BCUT2D eigenvalue weighted by Crippen LogP contribution is -2.49. The zero-order valence-electron chi connectivity index (χ0n) is 15.0. The van der Waals surface area contributed by atoms with Gasteiger partial charge in [0.05, 0.1) is 12.5 Å². The fourth-order valence-corrected chi connectivity index (χ4v) is 4.05. The predicted molar refractivity (Wildman–Crippen MR) is 106 cm³/mol. The first-order chi connectivity index (χ1) is 12.3. The summed E-state index contributed by atoms with van der Waals surface area (Å²) >= 11 is 0. The number of hydrogen-bond donors (Lipinski definition) is 1. The molecule has 1 fully saturated rings. The molecule has 1 saturated heterocycles. The molecule has 1 aliphatic carbocycles. The van der Waals surface area contributed by atoms with Gasteiger partial charge in [-0.1, -0.05) is 24.3 Å². The highest BCUT2D eigenvalue weighted by molar-refractivity contribution is 5.85. The number of amides is 1. The number of benzene rings is 1. The Labute approximate surface area is 161 Å². The van der Waals surface area contributed by atoms with Crippen molar-refractivity contribution in [1.29, 1.82) is 0 Å². The highest BCUT2D eigenvalue weighted by Crippen LogP contribution is 2.25. The first-order valence-electron chi connectivity index (χ1n) is 9.32.